The van der Waals surface area contributed by atoms with E-state index in [-0.39, 0.29) is 11.3 Å². The molecule has 3 aromatic rings. The highest BCUT2D eigenvalue weighted by Crippen LogP contribution is 2.37. The Morgan fingerprint density at radius 3 is 2.22 bits per heavy atom. The molecule has 3 rings (SSSR count). The number of carbonyl (C=O) groups excluding carboxylic acids is 1. The van der Waals surface area contributed by atoms with Crippen LogP contribution in [0, 0.1) is 6.92 Å². The van der Waals surface area contributed by atoms with Crippen molar-refractivity contribution in [3.8, 4) is 22.8 Å². The van der Waals surface area contributed by atoms with E-state index in [1.165, 1.54) is 14.2 Å². The van der Waals surface area contributed by atoms with Crippen molar-refractivity contribution in [1.29, 1.82) is 0 Å². The van der Waals surface area contributed by atoms with Crippen LogP contribution in [0.3, 0.4) is 0 Å². The number of hydrogen-bond donors (Lipinski definition) is 1. The Morgan fingerprint density at radius 1 is 1.07 bits per heavy atom. The summed E-state index contributed by atoms with van der Waals surface area (Å²) in [5.41, 5.74) is 1.45. The zero-order valence-corrected chi connectivity index (χ0v) is 16.3. The van der Waals surface area contributed by atoms with Gasteiger partial charge < -0.3 is 19.3 Å². The number of rotatable bonds is 5. The first-order chi connectivity index (χ1) is 12.9. The monoisotopic (exact) mass is 406 g/mol. The number of aryl methyl sites for hydroxylation is 1. The van der Waals surface area contributed by atoms with Gasteiger partial charge in [-0.3, -0.25) is 4.79 Å². The van der Waals surface area contributed by atoms with Crippen LogP contribution in [0.5, 0.6) is 11.5 Å². The summed E-state index contributed by atoms with van der Waals surface area (Å²) < 4.78 is 15.7. The number of carbonyl (C=O) groups is 1. The summed E-state index contributed by atoms with van der Waals surface area (Å²) in [6.45, 7) is 1.64. The Morgan fingerprint density at radius 2 is 1.67 bits per heavy atom. The highest BCUT2D eigenvalue weighted by Gasteiger charge is 2.25. The molecule has 0 bridgehead atoms. The second-order valence-electron chi connectivity index (χ2n) is 5.61. The predicted molar refractivity (Wildman–Crippen MR) is 104 cm³/mol. The number of anilines is 1. The molecule has 8 heteroatoms. The van der Waals surface area contributed by atoms with Gasteiger partial charge in [0.25, 0.3) is 5.91 Å². The lowest BCUT2D eigenvalue weighted by atomic mass is 10.1. The Labute approximate surface area is 166 Å². The Bertz CT molecular complexity index is 959. The topological polar surface area (TPSA) is 73.6 Å². The maximum Gasteiger partial charge on any atom is 0.261 e. The minimum Gasteiger partial charge on any atom is -0.497 e. The van der Waals surface area contributed by atoms with E-state index in [4.69, 9.17) is 37.2 Å². The third-order valence-corrected chi connectivity index (χ3v) is 4.53. The van der Waals surface area contributed by atoms with Gasteiger partial charge in [-0.15, -0.1) is 0 Å². The molecule has 1 heterocycles. The average Bonchev–Trinajstić information content (AvgIpc) is 3.02. The van der Waals surface area contributed by atoms with E-state index in [2.05, 4.69) is 10.5 Å². The van der Waals surface area contributed by atoms with Crippen LogP contribution in [0.15, 0.2) is 40.9 Å². The van der Waals surface area contributed by atoms with Gasteiger partial charge in [0.1, 0.15) is 28.5 Å². The smallest absolute Gasteiger partial charge is 0.261 e. The van der Waals surface area contributed by atoms with Crippen LogP contribution >= 0.6 is 23.2 Å². The Kier molecular flexibility index (Phi) is 5.58. The SMILES string of the molecule is COc1cc(NC(=O)c2c(-c3c(Cl)cccc3Cl)noc2C)cc(OC)c1. The van der Waals surface area contributed by atoms with E-state index >= 15 is 0 Å². The molecule has 0 spiro atoms. The number of halogens is 2. The number of aromatic nitrogens is 1. The van der Waals surface area contributed by atoms with E-state index in [9.17, 15) is 4.79 Å². The predicted octanol–water partition coefficient (Wildman–Crippen LogP) is 5.23. The normalized spacial score (nSPS) is 10.6. The van der Waals surface area contributed by atoms with Crippen molar-refractivity contribution >= 4 is 34.8 Å². The zero-order valence-electron chi connectivity index (χ0n) is 14.8. The molecule has 0 radical (unpaired) electrons. The first-order valence-corrected chi connectivity index (χ1v) is 8.65. The lowest BCUT2D eigenvalue weighted by Gasteiger charge is -2.10. The molecule has 0 aliphatic rings. The average molecular weight is 407 g/mol. The maximum atomic E-state index is 12.9. The van der Waals surface area contributed by atoms with E-state index in [1.54, 1.807) is 43.3 Å². The van der Waals surface area contributed by atoms with E-state index in [0.717, 1.165) is 0 Å². The van der Waals surface area contributed by atoms with Crippen LogP contribution in [0.2, 0.25) is 10.0 Å². The largest absolute Gasteiger partial charge is 0.497 e. The molecule has 1 aromatic heterocycles. The van der Waals surface area contributed by atoms with Gasteiger partial charge in [-0.25, -0.2) is 0 Å². The molecule has 0 unspecified atom stereocenters. The summed E-state index contributed by atoms with van der Waals surface area (Å²) in [5.74, 6) is 1.01. The molecule has 0 saturated heterocycles. The Balaban J connectivity index is 2.01. The molecule has 0 aliphatic carbocycles. The van der Waals surface area contributed by atoms with Crippen molar-refractivity contribution in [2.45, 2.75) is 6.92 Å². The van der Waals surface area contributed by atoms with Crippen LogP contribution < -0.4 is 14.8 Å². The summed E-state index contributed by atoms with van der Waals surface area (Å²) >= 11 is 12.5. The summed E-state index contributed by atoms with van der Waals surface area (Å²) in [6.07, 6.45) is 0. The molecule has 140 valence electrons. The quantitative estimate of drug-likeness (QED) is 0.627. The first kappa shape index (κ1) is 19.1. The number of benzene rings is 2. The molecular formula is C19H16Cl2N2O4. The van der Waals surface area contributed by atoms with E-state index < -0.39 is 5.91 Å². The van der Waals surface area contributed by atoms with Gasteiger partial charge in [0, 0.05) is 29.4 Å². The molecule has 2 aromatic carbocycles. The third kappa shape index (κ3) is 3.86. The van der Waals surface area contributed by atoms with Crippen molar-refractivity contribution in [3.05, 3.63) is 57.8 Å². The molecule has 0 fully saturated rings. The Hall–Kier alpha value is -2.70. The maximum absolute atomic E-state index is 12.9. The van der Waals surface area contributed by atoms with Gasteiger partial charge in [-0.1, -0.05) is 34.4 Å². The zero-order chi connectivity index (χ0) is 19.6. The molecule has 27 heavy (non-hydrogen) atoms. The highest BCUT2D eigenvalue weighted by molar-refractivity contribution is 6.39. The number of methoxy groups -OCH3 is 2. The summed E-state index contributed by atoms with van der Waals surface area (Å²) in [5, 5.41) is 7.52. The van der Waals surface area contributed by atoms with Gasteiger partial charge in [0.2, 0.25) is 0 Å². The first-order valence-electron chi connectivity index (χ1n) is 7.89. The number of hydrogen-bond acceptors (Lipinski definition) is 5. The summed E-state index contributed by atoms with van der Waals surface area (Å²) in [4.78, 5) is 12.9. The fraction of sp³-hybridized carbons (Fsp3) is 0.158. The number of nitrogens with one attached hydrogen (secondary N) is 1. The highest BCUT2D eigenvalue weighted by atomic mass is 35.5. The van der Waals surface area contributed by atoms with Crippen molar-refractivity contribution in [1.82, 2.24) is 5.16 Å². The molecule has 6 nitrogen and oxygen atoms in total. The van der Waals surface area contributed by atoms with E-state index in [0.29, 0.717) is 38.6 Å². The molecular weight excluding hydrogens is 391 g/mol. The second-order valence-corrected chi connectivity index (χ2v) is 6.43. The lowest BCUT2D eigenvalue weighted by molar-refractivity contribution is 0.102. The van der Waals surface area contributed by atoms with Crippen LogP contribution in [0.1, 0.15) is 16.1 Å². The minimum absolute atomic E-state index is 0.242. The molecule has 0 atom stereocenters. The molecule has 1 N–H and O–H groups in total. The minimum atomic E-state index is -0.421. The number of ether oxygens (including phenoxy) is 2. The third-order valence-electron chi connectivity index (χ3n) is 3.90. The van der Waals surface area contributed by atoms with Crippen LogP contribution in [0.4, 0.5) is 5.69 Å². The van der Waals surface area contributed by atoms with Crippen LogP contribution in [-0.4, -0.2) is 25.3 Å². The number of amides is 1. The van der Waals surface area contributed by atoms with Crippen molar-refractivity contribution in [3.63, 3.8) is 0 Å². The van der Waals surface area contributed by atoms with Crippen molar-refractivity contribution in [2.75, 3.05) is 19.5 Å². The second kappa shape index (κ2) is 7.90. The lowest BCUT2D eigenvalue weighted by Crippen LogP contribution is -2.13. The van der Waals surface area contributed by atoms with Crippen LogP contribution in [-0.2, 0) is 0 Å². The van der Waals surface area contributed by atoms with Gasteiger partial charge in [0.05, 0.1) is 24.3 Å². The van der Waals surface area contributed by atoms with Crippen molar-refractivity contribution in [2.24, 2.45) is 0 Å². The van der Waals surface area contributed by atoms with Gasteiger partial charge >= 0.3 is 0 Å². The van der Waals surface area contributed by atoms with Gasteiger partial charge in [-0.2, -0.15) is 0 Å². The standard InChI is InChI=1S/C19H16Cl2N2O4/c1-10-16(18(23-27-10)17-14(20)5-4-6-15(17)21)19(24)22-11-7-12(25-2)9-13(8-11)26-3/h4-9H,1-3H3,(H,22,24). The summed E-state index contributed by atoms with van der Waals surface area (Å²) in [6, 6.07) is 10.1. The number of nitrogens with zero attached hydrogens (tertiary/aromatic N) is 1. The van der Waals surface area contributed by atoms with Crippen LogP contribution in [0.25, 0.3) is 11.3 Å². The van der Waals surface area contributed by atoms with Gasteiger partial charge in [-0.05, 0) is 19.1 Å². The van der Waals surface area contributed by atoms with Crippen molar-refractivity contribution < 1.29 is 18.8 Å². The van der Waals surface area contributed by atoms with E-state index in [1.807, 2.05) is 0 Å². The molecule has 0 saturated carbocycles. The van der Waals surface area contributed by atoms with Gasteiger partial charge in [0.15, 0.2) is 0 Å². The fourth-order valence-corrected chi connectivity index (χ4v) is 3.18. The fourth-order valence-electron chi connectivity index (χ4n) is 2.61. The summed E-state index contributed by atoms with van der Waals surface area (Å²) in [7, 11) is 3.06. The molecule has 0 aliphatic heterocycles. The molecule has 1 amide bonds.